The first-order valence-corrected chi connectivity index (χ1v) is 13.8. The second-order valence-electron chi connectivity index (χ2n) is 10.0. The molecule has 9 heteroatoms. The summed E-state index contributed by atoms with van der Waals surface area (Å²) >= 11 is 0. The molecule has 8 nitrogen and oxygen atoms in total. The van der Waals surface area contributed by atoms with Gasteiger partial charge in [0, 0.05) is 38.3 Å². The topological polar surface area (TPSA) is 93.1 Å². The molecule has 0 saturated heterocycles. The lowest BCUT2D eigenvalue weighted by atomic mass is 9.77. The average Bonchev–Trinajstić information content (AvgIpc) is 3.68. The van der Waals surface area contributed by atoms with Crippen LogP contribution in [0.15, 0.2) is 23.4 Å². The predicted octanol–water partition coefficient (Wildman–Crippen LogP) is 3.47. The summed E-state index contributed by atoms with van der Waals surface area (Å²) in [5.41, 5.74) is 3.26. The van der Waals surface area contributed by atoms with Gasteiger partial charge in [0.2, 0.25) is 5.95 Å². The van der Waals surface area contributed by atoms with Crippen LogP contribution in [0.3, 0.4) is 0 Å². The first-order valence-electron chi connectivity index (χ1n) is 12.5. The molecule has 0 spiro atoms. The number of methoxy groups -OCH3 is 1. The molecule has 34 heavy (non-hydrogen) atoms. The normalized spacial score (nSPS) is 23.6. The van der Waals surface area contributed by atoms with Gasteiger partial charge in [-0.2, -0.15) is 4.98 Å². The van der Waals surface area contributed by atoms with Crippen LogP contribution in [0.1, 0.15) is 67.9 Å². The molecule has 0 amide bonds. The Morgan fingerprint density at radius 2 is 2.00 bits per heavy atom. The van der Waals surface area contributed by atoms with Crippen molar-refractivity contribution in [2.24, 2.45) is 0 Å². The van der Waals surface area contributed by atoms with Crippen LogP contribution in [0, 0.1) is 0 Å². The van der Waals surface area contributed by atoms with E-state index in [0.717, 1.165) is 60.9 Å². The molecule has 0 radical (unpaired) electrons. The fraction of sp³-hybridized carbons (Fsp3) is 0.600. The molecule has 4 aliphatic rings. The molecule has 2 aliphatic carbocycles. The SMILES string of the molecule is COCC1(Nc2nc(N3CC=C(c4ncc(C5CC5)cn4)CC3)nc3c2[S@](=O)CCC3)CCC1. The Balaban J connectivity index is 1.25. The second-order valence-corrected chi connectivity index (χ2v) is 11.5. The van der Waals surface area contributed by atoms with E-state index in [1.165, 1.54) is 30.4 Å². The largest absolute Gasteiger partial charge is 0.382 e. The zero-order valence-corrected chi connectivity index (χ0v) is 20.6. The molecule has 2 aromatic rings. The van der Waals surface area contributed by atoms with Crippen molar-refractivity contribution < 1.29 is 8.95 Å². The zero-order chi connectivity index (χ0) is 23.1. The highest BCUT2D eigenvalue weighted by Gasteiger charge is 2.39. The minimum atomic E-state index is -1.06. The van der Waals surface area contributed by atoms with Gasteiger partial charge in [0.15, 0.2) is 5.82 Å². The Hall–Kier alpha value is -2.39. The lowest BCUT2D eigenvalue weighted by Crippen LogP contribution is -2.49. The highest BCUT2D eigenvalue weighted by molar-refractivity contribution is 7.85. The molecule has 6 rings (SSSR count). The highest BCUT2D eigenvalue weighted by atomic mass is 32.2. The van der Waals surface area contributed by atoms with Crippen LogP contribution in [0.25, 0.3) is 5.57 Å². The third-order valence-electron chi connectivity index (χ3n) is 7.51. The van der Waals surface area contributed by atoms with Crippen molar-refractivity contribution in [1.82, 2.24) is 19.9 Å². The van der Waals surface area contributed by atoms with E-state index in [0.29, 0.717) is 30.8 Å². The fourth-order valence-corrected chi connectivity index (χ4v) is 6.55. The summed E-state index contributed by atoms with van der Waals surface area (Å²) in [4.78, 5) is 22.1. The van der Waals surface area contributed by atoms with Gasteiger partial charge in [-0.25, -0.2) is 15.0 Å². The third kappa shape index (κ3) is 4.24. The number of nitrogens with zero attached hydrogens (tertiary/aromatic N) is 5. The summed E-state index contributed by atoms with van der Waals surface area (Å²) in [5, 5.41) is 3.65. The third-order valence-corrected chi connectivity index (χ3v) is 9.05. The summed E-state index contributed by atoms with van der Waals surface area (Å²) in [6.07, 6.45) is 14.6. The first kappa shape index (κ1) is 22.1. The molecule has 0 unspecified atom stereocenters. The average molecular weight is 481 g/mol. The van der Waals surface area contributed by atoms with Crippen molar-refractivity contribution in [3.05, 3.63) is 35.6 Å². The predicted molar refractivity (Wildman–Crippen MR) is 133 cm³/mol. The number of ether oxygens (including phenoxy) is 1. The van der Waals surface area contributed by atoms with Gasteiger partial charge in [0.1, 0.15) is 10.7 Å². The van der Waals surface area contributed by atoms with Crippen molar-refractivity contribution in [3.8, 4) is 0 Å². The number of hydrogen-bond acceptors (Lipinski definition) is 8. The Kier molecular flexibility index (Phi) is 5.85. The maximum absolute atomic E-state index is 12.9. The molecule has 2 fully saturated rings. The van der Waals surface area contributed by atoms with E-state index in [1.807, 2.05) is 12.4 Å². The van der Waals surface area contributed by atoms with E-state index in [4.69, 9.17) is 14.7 Å². The molecule has 2 aromatic heterocycles. The van der Waals surface area contributed by atoms with Crippen LogP contribution in [-0.2, 0) is 22.0 Å². The Labute approximate surface area is 203 Å². The fourth-order valence-electron chi connectivity index (χ4n) is 5.21. The van der Waals surface area contributed by atoms with Crippen molar-refractivity contribution in [1.29, 1.82) is 0 Å². The van der Waals surface area contributed by atoms with Crippen molar-refractivity contribution >= 4 is 28.1 Å². The van der Waals surface area contributed by atoms with Crippen LogP contribution < -0.4 is 10.2 Å². The number of rotatable bonds is 7. The molecular formula is C25H32N6O2S. The zero-order valence-electron chi connectivity index (χ0n) is 19.8. The first-order chi connectivity index (χ1) is 16.6. The van der Waals surface area contributed by atoms with Crippen LogP contribution >= 0.6 is 0 Å². The standard InChI is InChI=1S/C25H32N6O2S/c1-33-16-25(9-3-10-25)30-23-21-20(4-2-13-34(21)32)28-24(29-23)31-11-7-18(8-12-31)22-26-14-19(15-27-22)17-5-6-17/h7,14-15,17H,2-6,8-13,16H2,1H3,(H,28,29,30)/t34-/m1/s1. The maximum Gasteiger partial charge on any atom is 0.227 e. The molecule has 1 N–H and O–H groups in total. The summed E-state index contributed by atoms with van der Waals surface area (Å²) < 4.78 is 18.4. The molecule has 180 valence electrons. The van der Waals surface area contributed by atoms with Crippen LogP contribution in [0.2, 0.25) is 0 Å². The molecule has 0 aromatic carbocycles. The number of aryl methyl sites for hydroxylation is 1. The van der Waals surface area contributed by atoms with Gasteiger partial charge in [0.25, 0.3) is 0 Å². The number of hydrogen-bond donors (Lipinski definition) is 1. The summed E-state index contributed by atoms with van der Waals surface area (Å²) in [6, 6.07) is 0. The number of anilines is 2. The van der Waals surface area contributed by atoms with Crippen LogP contribution in [0.4, 0.5) is 11.8 Å². The van der Waals surface area contributed by atoms with Gasteiger partial charge < -0.3 is 15.0 Å². The van der Waals surface area contributed by atoms with E-state index in [2.05, 4.69) is 26.3 Å². The van der Waals surface area contributed by atoms with Crippen LogP contribution in [-0.4, -0.2) is 62.2 Å². The summed E-state index contributed by atoms with van der Waals surface area (Å²) in [6.45, 7) is 2.15. The second kappa shape index (κ2) is 9.00. The smallest absolute Gasteiger partial charge is 0.227 e. The van der Waals surface area contributed by atoms with Gasteiger partial charge in [-0.05, 0) is 68.4 Å². The Morgan fingerprint density at radius 1 is 1.18 bits per heavy atom. The van der Waals surface area contributed by atoms with Gasteiger partial charge in [-0.15, -0.1) is 0 Å². The Morgan fingerprint density at radius 3 is 2.65 bits per heavy atom. The lowest BCUT2D eigenvalue weighted by Gasteiger charge is -2.43. The molecule has 1 atom stereocenters. The molecule has 0 bridgehead atoms. The number of fused-ring (bicyclic) bond motifs is 1. The van der Waals surface area contributed by atoms with Crippen LogP contribution in [0.5, 0.6) is 0 Å². The van der Waals surface area contributed by atoms with E-state index < -0.39 is 10.8 Å². The highest BCUT2D eigenvalue weighted by Crippen LogP contribution is 2.40. The van der Waals surface area contributed by atoms with E-state index in [-0.39, 0.29) is 5.54 Å². The molecule has 4 heterocycles. The quantitative estimate of drug-likeness (QED) is 0.644. The number of nitrogens with one attached hydrogen (secondary N) is 1. The van der Waals surface area contributed by atoms with E-state index >= 15 is 0 Å². The minimum Gasteiger partial charge on any atom is -0.382 e. The maximum atomic E-state index is 12.9. The van der Waals surface area contributed by atoms with Gasteiger partial charge in [0.05, 0.1) is 28.6 Å². The van der Waals surface area contributed by atoms with Crippen molar-refractivity contribution in [2.75, 3.05) is 42.8 Å². The van der Waals surface area contributed by atoms with E-state index in [9.17, 15) is 4.21 Å². The van der Waals surface area contributed by atoms with Crippen molar-refractivity contribution in [3.63, 3.8) is 0 Å². The van der Waals surface area contributed by atoms with Gasteiger partial charge >= 0.3 is 0 Å². The minimum absolute atomic E-state index is 0.116. The van der Waals surface area contributed by atoms with Crippen molar-refractivity contribution in [2.45, 2.75) is 67.7 Å². The molecule has 2 saturated carbocycles. The lowest BCUT2D eigenvalue weighted by molar-refractivity contribution is 0.0978. The molecule has 2 aliphatic heterocycles. The van der Waals surface area contributed by atoms with E-state index in [1.54, 1.807) is 7.11 Å². The van der Waals surface area contributed by atoms with Gasteiger partial charge in [-0.1, -0.05) is 6.08 Å². The summed E-state index contributed by atoms with van der Waals surface area (Å²) in [5.74, 6) is 3.64. The number of aromatic nitrogens is 4. The Bertz CT molecular complexity index is 1130. The molecular weight excluding hydrogens is 448 g/mol. The monoisotopic (exact) mass is 480 g/mol. The van der Waals surface area contributed by atoms with Gasteiger partial charge in [-0.3, -0.25) is 4.21 Å². The summed E-state index contributed by atoms with van der Waals surface area (Å²) in [7, 11) is 0.674.